The summed E-state index contributed by atoms with van der Waals surface area (Å²) in [7, 11) is 3.15. The first kappa shape index (κ1) is 20.2. The largest absolute Gasteiger partial charge is 0.497 e. The topological polar surface area (TPSA) is 95.7 Å². The Kier molecular flexibility index (Phi) is 6.67. The Morgan fingerprint density at radius 3 is 2.72 bits per heavy atom. The molecule has 1 heterocycles. The molecule has 0 saturated heterocycles. The molecule has 0 saturated carbocycles. The molecule has 3 aromatic rings. The van der Waals surface area contributed by atoms with Crippen molar-refractivity contribution in [3.05, 3.63) is 48.4 Å². The van der Waals surface area contributed by atoms with Gasteiger partial charge >= 0.3 is 0 Å². The molecule has 8 nitrogen and oxygen atoms in total. The molecular weight excluding hydrogens is 374 g/mol. The van der Waals surface area contributed by atoms with Crippen molar-refractivity contribution in [2.75, 3.05) is 26.1 Å². The molecule has 0 aliphatic heterocycles. The summed E-state index contributed by atoms with van der Waals surface area (Å²) in [4.78, 5) is 16.5. The smallest absolute Gasteiger partial charge is 0.227 e. The van der Waals surface area contributed by atoms with Crippen LogP contribution in [0.15, 0.2) is 47.0 Å². The molecular formula is C21H23N3O5. The van der Waals surface area contributed by atoms with Crippen molar-refractivity contribution >= 4 is 11.6 Å². The lowest BCUT2D eigenvalue weighted by Crippen LogP contribution is -2.12. The van der Waals surface area contributed by atoms with E-state index in [4.69, 9.17) is 18.7 Å². The van der Waals surface area contributed by atoms with Gasteiger partial charge in [0.25, 0.3) is 0 Å². The van der Waals surface area contributed by atoms with E-state index < -0.39 is 0 Å². The summed E-state index contributed by atoms with van der Waals surface area (Å²) in [6.07, 6.45) is 0.544. The number of benzene rings is 2. The summed E-state index contributed by atoms with van der Waals surface area (Å²) >= 11 is 0. The summed E-state index contributed by atoms with van der Waals surface area (Å²) in [5.41, 5.74) is 1.41. The second-order valence-electron chi connectivity index (χ2n) is 6.09. The molecule has 0 unspecified atom stereocenters. The molecule has 0 bridgehead atoms. The van der Waals surface area contributed by atoms with Gasteiger partial charge in [0.2, 0.25) is 17.6 Å². The highest BCUT2D eigenvalue weighted by molar-refractivity contribution is 5.90. The third kappa shape index (κ3) is 5.25. The van der Waals surface area contributed by atoms with Crippen molar-refractivity contribution in [3.8, 4) is 28.6 Å². The van der Waals surface area contributed by atoms with Crippen LogP contribution in [0.5, 0.6) is 17.2 Å². The molecule has 8 heteroatoms. The van der Waals surface area contributed by atoms with Gasteiger partial charge in [0, 0.05) is 30.2 Å². The van der Waals surface area contributed by atoms with Gasteiger partial charge in [-0.15, -0.1) is 0 Å². The zero-order chi connectivity index (χ0) is 20.6. The Morgan fingerprint density at radius 1 is 1.10 bits per heavy atom. The Balaban J connectivity index is 1.61. The van der Waals surface area contributed by atoms with E-state index in [1.807, 2.05) is 25.1 Å². The number of ether oxygens (including phenoxy) is 3. The van der Waals surface area contributed by atoms with E-state index in [1.165, 1.54) is 0 Å². The lowest BCUT2D eigenvalue weighted by atomic mass is 10.2. The van der Waals surface area contributed by atoms with Crippen LogP contribution in [-0.2, 0) is 11.2 Å². The van der Waals surface area contributed by atoms with Gasteiger partial charge in [-0.2, -0.15) is 4.98 Å². The van der Waals surface area contributed by atoms with Crippen LogP contribution < -0.4 is 19.5 Å². The van der Waals surface area contributed by atoms with Crippen molar-refractivity contribution in [2.45, 2.75) is 19.8 Å². The van der Waals surface area contributed by atoms with E-state index in [0.29, 0.717) is 47.7 Å². The first-order chi connectivity index (χ1) is 14.1. The number of carbonyl (C=O) groups excluding carboxylic acids is 1. The molecule has 0 fully saturated rings. The van der Waals surface area contributed by atoms with E-state index in [1.54, 1.807) is 38.5 Å². The Morgan fingerprint density at radius 2 is 1.97 bits per heavy atom. The van der Waals surface area contributed by atoms with Crippen LogP contribution in [0.25, 0.3) is 11.4 Å². The molecule has 1 N–H and O–H groups in total. The lowest BCUT2D eigenvalue weighted by Gasteiger charge is -2.09. The molecule has 0 atom stereocenters. The molecule has 2 aromatic carbocycles. The average molecular weight is 397 g/mol. The molecule has 0 spiro atoms. The molecule has 152 valence electrons. The highest BCUT2D eigenvalue weighted by Crippen LogP contribution is 2.31. The van der Waals surface area contributed by atoms with Crippen LogP contribution in [0.2, 0.25) is 0 Å². The summed E-state index contributed by atoms with van der Waals surface area (Å²) in [6.45, 7) is 2.45. The van der Waals surface area contributed by atoms with E-state index >= 15 is 0 Å². The van der Waals surface area contributed by atoms with Crippen molar-refractivity contribution in [1.82, 2.24) is 10.1 Å². The molecule has 1 amide bonds. The van der Waals surface area contributed by atoms with Gasteiger partial charge in [0.1, 0.15) is 5.75 Å². The molecule has 0 radical (unpaired) electrons. The highest BCUT2D eigenvalue weighted by Gasteiger charge is 2.13. The summed E-state index contributed by atoms with van der Waals surface area (Å²) in [5, 5.41) is 6.81. The van der Waals surface area contributed by atoms with Gasteiger partial charge in [-0.25, -0.2) is 0 Å². The van der Waals surface area contributed by atoms with Crippen molar-refractivity contribution in [2.24, 2.45) is 0 Å². The summed E-state index contributed by atoms with van der Waals surface area (Å²) in [5.74, 6) is 2.57. The molecule has 0 aliphatic carbocycles. The van der Waals surface area contributed by atoms with Gasteiger partial charge in [-0.3, -0.25) is 4.79 Å². The summed E-state index contributed by atoms with van der Waals surface area (Å²) in [6, 6.07) is 12.6. The zero-order valence-corrected chi connectivity index (χ0v) is 16.6. The SMILES string of the molecule is CCOc1ccc(-c2noc(CCC(=O)Nc3cccc(OC)c3)n2)cc1OC. The third-order valence-electron chi connectivity index (χ3n) is 4.11. The second-order valence-corrected chi connectivity index (χ2v) is 6.09. The van der Waals surface area contributed by atoms with Gasteiger partial charge < -0.3 is 24.1 Å². The Bertz CT molecular complexity index is 970. The highest BCUT2D eigenvalue weighted by atomic mass is 16.5. The average Bonchev–Trinajstić information content (AvgIpc) is 3.22. The van der Waals surface area contributed by atoms with Gasteiger partial charge in [-0.05, 0) is 37.3 Å². The predicted octanol–water partition coefficient (Wildman–Crippen LogP) is 3.72. The van der Waals surface area contributed by atoms with Crippen LogP contribution >= 0.6 is 0 Å². The number of anilines is 1. The van der Waals surface area contributed by atoms with Crippen LogP contribution in [0.3, 0.4) is 0 Å². The normalized spacial score (nSPS) is 10.4. The summed E-state index contributed by atoms with van der Waals surface area (Å²) < 4.78 is 21.3. The standard InChI is InChI=1S/C21H23N3O5/c1-4-28-17-9-8-14(12-18(17)27-3)21-23-20(29-24-21)11-10-19(25)22-15-6-5-7-16(13-15)26-2/h5-9,12-13H,4,10-11H2,1-3H3,(H,22,25). The molecule has 29 heavy (non-hydrogen) atoms. The number of amides is 1. The number of rotatable bonds is 9. The van der Waals surface area contributed by atoms with Gasteiger partial charge in [-0.1, -0.05) is 11.2 Å². The minimum Gasteiger partial charge on any atom is -0.497 e. The molecule has 1 aromatic heterocycles. The van der Waals surface area contributed by atoms with Crippen LogP contribution in [-0.4, -0.2) is 36.9 Å². The Hall–Kier alpha value is -3.55. The van der Waals surface area contributed by atoms with Crippen molar-refractivity contribution in [3.63, 3.8) is 0 Å². The maximum Gasteiger partial charge on any atom is 0.227 e. The van der Waals surface area contributed by atoms with Crippen molar-refractivity contribution in [1.29, 1.82) is 0 Å². The fraction of sp³-hybridized carbons (Fsp3) is 0.286. The Labute approximate surface area is 168 Å². The number of methoxy groups -OCH3 is 2. The first-order valence-corrected chi connectivity index (χ1v) is 9.20. The zero-order valence-electron chi connectivity index (χ0n) is 16.6. The maximum absolute atomic E-state index is 12.2. The number of nitrogens with one attached hydrogen (secondary N) is 1. The predicted molar refractivity (Wildman–Crippen MR) is 107 cm³/mol. The van der Waals surface area contributed by atoms with E-state index in [0.717, 1.165) is 5.56 Å². The molecule has 0 aliphatic rings. The number of nitrogens with zero attached hydrogens (tertiary/aromatic N) is 2. The fourth-order valence-electron chi connectivity index (χ4n) is 2.70. The van der Waals surface area contributed by atoms with Crippen LogP contribution in [0.4, 0.5) is 5.69 Å². The van der Waals surface area contributed by atoms with Crippen LogP contribution in [0, 0.1) is 0 Å². The monoisotopic (exact) mass is 397 g/mol. The minimum atomic E-state index is -0.152. The molecule has 3 rings (SSSR count). The number of hydrogen-bond acceptors (Lipinski definition) is 7. The van der Waals surface area contributed by atoms with E-state index in [9.17, 15) is 4.79 Å². The third-order valence-corrected chi connectivity index (χ3v) is 4.11. The quantitative estimate of drug-likeness (QED) is 0.588. The number of carbonyl (C=O) groups is 1. The first-order valence-electron chi connectivity index (χ1n) is 9.20. The second kappa shape index (κ2) is 9.59. The minimum absolute atomic E-state index is 0.152. The number of hydrogen-bond donors (Lipinski definition) is 1. The number of aromatic nitrogens is 2. The van der Waals surface area contributed by atoms with Gasteiger partial charge in [0.05, 0.1) is 20.8 Å². The van der Waals surface area contributed by atoms with Crippen molar-refractivity contribution < 1.29 is 23.5 Å². The van der Waals surface area contributed by atoms with Crippen LogP contribution in [0.1, 0.15) is 19.2 Å². The lowest BCUT2D eigenvalue weighted by molar-refractivity contribution is -0.116. The van der Waals surface area contributed by atoms with Gasteiger partial charge in [0.15, 0.2) is 11.5 Å². The fourth-order valence-corrected chi connectivity index (χ4v) is 2.70. The maximum atomic E-state index is 12.2. The number of aryl methyl sites for hydroxylation is 1. The van der Waals surface area contributed by atoms with E-state index in [2.05, 4.69) is 15.5 Å². The van der Waals surface area contributed by atoms with E-state index in [-0.39, 0.29) is 12.3 Å².